The van der Waals surface area contributed by atoms with Crippen LogP contribution in [0.3, 0.4) is 0 Å². The van der Waals surface area contributed by atoms with Crippen LogP contribution >= 0.6 is 0 Å². The lowest BCUT2D eigenvalue weighted by Gasteiger charge is -2.01. The van der Waals surface area contributed by atoms with Gasteiger partial charge in [-0.3, -0.25) is 0 Å². The second kappa shape index (κ2) is 6.22. The molecule has 1 aromatic heterocycles. The molecule has 0 saturated carbocycles. The minimum absolute atomic E-state index is 0.331. The van der Waals surface area contributed by atoms with E-state index in [4.69, 9.17) is 4.74 Å². The maximum absolute atomic E-state index is 11.6. The first-order valence-corrected chi connectivity index (χ1v) is 7.03. The summed E-state index contributed by atoms with van der Waals surface area (Å²) in [5.41, 5.74) is 2.99. The fraction of sp³-hybridized carbons (Fsp3) is 0.118. The van der Waals surface area contributed by atoms with Gasteiger partial charge in [0.25, 0.3) is 0 Å². The predicted octanol–water partition coefficient (Wildman–Crippen LogP) is 4.76. The molecule has 5 nitrogen and oxygen atoms in total. The summed E-state index contributed by atoms with van der Waals surface area (Å²) in [7, 11) is 0. The summed E-state index contributed by atoms with van der Waals surface area (Å²) >= 11 is 0. The smallest absolute Gasteiger partial charge is 0.338 e. The van der Waals surface area contributed by atoms with E-state index in [1.165, 1.54) is 0 Å². The van der Waals surface area contributed by atoms with Crippen LogP contribution in [0.5, 0.6) is 0 Å². The highest BCUT2D eigenvalue weighted by atomic mass is 16.5. The summed E-state index contributed by atoms with van der Waals surface area (Å²) in [6.45, 7) is 2.14. The standard InChI is InChI=1S/C17H15N3O2/c1-2-22-17(21)12-7-9-13(10-8-12)19-20-16-11-18-15-6-4-3-5-14(15)16/h3-11,18H,2H2,1H3. The monoisotopic (exact) mass is 293 g/mol. The molecule has 3 rings (SSSR count). The summed E-state index contributed by atoms with van der Waals surface area (Å²) in [5, 5.41) is 9.47. The first kappa shape index (κ1) is 14.0. The Kier molecular flexibility index (Phi) is 3.96. The van der Waals surface area contributed by atoms with E-state index in [0.29, 0.717) is 17.9 Å². The van der Waals surface area contributed by atoms with Crippen LogP contribution in [0.15, 0.2) is 65.0 Å². The van der Waals surface area contributed by atoms with Gasteiger partial charge in [0, 0.05) is 17.1 Å². The molecule has 5 heteroatoms. The van der Waals surface area contributed by atoms with Crippen molar-refractivity contribution in [2.75, 3.05) is 6.61 Å². The summed E-state index contributed by atoms with van der Waals surface area (Å²) in [5.74, 6) is -0.331. The number of benzene rings is 2. The van der Waals surface area contributed by atoms with Gasteiger partial charge in [0.1, 0.15) is 5.69 Å². The van der Waals surface area contributed by atoms with E-state index in [0.717, 1.165) is 16.6 Å². The van der Waals surface area contributed by atoms with Crippen molar-refractivity contribution in [3.63, 3.8) is 0 Å². The lowest BCUT2D eigenvalue weighted by molar-refractivity contribution is 0.0526. The topological polar surface area (TPSA) is 66.8 Å². The molecule has 0 spiro atoms. The zero-order chi connectivity index (χ0) is 15.4. The largest absolute Gasteiger partial charge is 0.462 e. The number of azo groups is 1. The van der Waals surface area contributed by atoms with Crippen LogP contribution in [-0.4, -0.2) is 17.6 Å². The number of carbonyl (C=O) groups excluding carboxylic acids is 1. The first-order chi connectivity index (χ1) is 10.8. The van der Waals surface area contributed by atoms with Crippen molar-refractivity contribution in [1.82, 2.24) is 4.98 Å². The molecule has 0 fully saturated rings. The van der Waals surface area contributed by atoms with E-state index in [2.05, 4.69) is 15.2 Å². The molecule has 1 heterocycles. The van der Waals surface area contributed by atoms with Gasteiger partial charge in [0.2, 0.25) is 0 Å². The number of rotatable bonds is 4. The molecular weight excluding hydrogens is 278 g/mol. The molecular formula is C17H15N3O2. The van der Waals surface area contributed by atoms with Crippen LogP contribution < -0.4 is 0 Å². The molecule has 0 atom stereocenters. The number of hydrogen-bond donors (Lipinski definition) is 1. The second-order valence-corrected chi connectivity index (χ2v) is 4.69. The molecule has 0 amide bonds. The molecule has 110 valence electrons. The normalized spacial score (nSPS) is 11.1. The summed E-state index contributed by atoms with van der Waals surface area (Å²) in [6.07, 6.45) is 1.82. The number of nitrogens with zero attached hydrogens (tertiary/aromatic N) is 2. The first-order valence-electron chi connectivity index (χ1n) is 7.03. The van der Waals surface area contributed by atoms with Crippen LogP contribution in [0.2, 0.25) is 0 Å². The minimum atomic E-state index is -0.331. The van der Waals surface area contributed by atoms with Crippen LogP contribution in [0, 0.1) is 0 Å². The van der Waals surface area contributed by atoms with Gasteiger partial charge in [-0.25, -0.2) is 4.79 Å². The number of hydrogen-bond acceptors (Lipinski definition) is 4. The summed E-state index contributed by atoms with van der Waals surface area (Å²) < 4.78 is 4.94. The number of ether oxygens (including phenoxy) is 1. The molecule has 0 saturated heterocycles. The highest BCUT2D eigenvalue weighted by Gasteiger charge is 2.05. The van der Waals surface area contributed by atoms with Crippen molar-refractivity contribution in [1.29, 1.82) is 0 Å². The molecule has 0 aliphatic heterocycles. The number of aromatic nitrogens is 1. The van der Waals surface area contributed by atoms with Gasteiger partial charge in [0.05, 0.1) is 17.9 Å². The van der Waals surface area contributed by atoms with E-state index in [9.17, 15) is 4.79 Å². The Morgan fingerprint density at radius 1 is 1.09 bits per heavy atom. The number of aromatic amines is 1. The lowest BCUT2D eigenvalue weighted by atomic mass is 10.2. The maximum atomic E-state index is 11.6. The summed E-state index contributed by atoms with van der Waals surface area (Å²) in [4.78, 5) is 14.7. The molecule has 0 aliphatic rings. The van der Waals surface area contributed by atoms with Crippen molar-refractivity contribution in [3.05, 3.63) is 60.3 Å². The van der Waals surface area contributed by atoms with Crippen LogP contribution in [0.25, 0.3) is 10.9 Å². The predicted molar refractivity (Wildman–Crippen MR) is 84.9 cm³/mol. The van der Waals surface area contributed by atoms with Gasteiger partial charge < -0.3 is 9.72 Å². The van der Waals surface area contributed by atoms with Gasteiger partial charge in [-0.05, 0) is 37.3 Å². The van der Waals surface area contributed by atoms with E-state index in [1.54, 1.807) is 31.2 Å². The third-order valence-electron chi connectivity index (χ3n) is 3.22. The molecule has 0 radical (unpaired) electrons. The minimum Gasteiger partial charge on any atom is -0.462 e. The van der Waals surface area contributed by atoms with Gasteiger partial charge >= 0.3 is 5.97 Å². The van der Waals surface area contributed by atoms with Crippen molar-refractivity contribution < 1.29 is 9.53 Å². The Balaban J connectivity index is 1.79. The molecule has 0 unspecified atom stereocenters. The molecule has 0 bridgehead atoms. The van der Waals surface area contributed by atoms with Crippen LogP contribution in [0.1, 0.15) is 17.3 Å². The Morgan fingerprint density at radius 3 is 2.64 bits per heavy atom. The van der Waals surface area contributed by atoms with Crippen LogP contribution in [-0.2, 0) is 4.74 Å². The van der Waals surface area contributed by atoms with Gasteiger partial charge in [-0.2, -0.15) is 5.11 Å². The number of H-pyrrole nitrogens is 1. The Morgan fingerprint density at radius 2 is 1.86 bits per heavy atom. The van der Waals surface area contributed by atoms with Gasteiger partial charge in [-0.15, -0.1) is 5.11 Å². The van der Waals surface area contributed by atoms with Crippen molar-refractivity contribution in [2.24, 2.45) is 10.2 Å². The van der Waals surface area contributed by atoms with Crippen LogP contribution in [0.4, 0.5) is 11.4 Å². The SMILES string of the molecule is CCOC(=O)c1ccc(N=Nc2c[nH]c3ccccc23)cc1. The van der Waals surface area contributed by atoms with Crippen molar-refractivity contribution in [3.8, 4) is 0 Å². The fourth-order valence-electron chi connectivity index (χ4n) is 2.13. The Labute approximate surface area is 127 Å². The zero-order valence-corrected chi connectivity index (χ0v) is 12.1. The summed E-state index contributed by atoms with van der Waals surface area (Å²) in [6, 6.07) is 14.8. The molecule has 0 aliphatic carbocycles. The second-order valence-electron chi connectivity index (χ2n) is 4.69. The number of carbonyl (C=O) groups is 1. The highest BCUT2D eigenvalue weighted by Crippen LogP contribution is 2.27. The van der Waals surface area contributed by atoms with E-state index in [1.807, 2.05) is 30.5 Å². The molecule has 3 aromatic rings. The number of fused-ring (bicyclic) bond motifs is 1. The average molecular weight is 293 g/mol. The average Bonchev–Trinajstić information content (AvgIpc) is 2.97. The van der Waals surface area contributed by atoms with E-state index >= 15 is 0 Å². The number of para-hydroxylation sites is 1. The molecule has 1 N–H and O–H groups in total. The molecule has 2 aromatic carbocycles. The maximum Gasteiger partial charge on any atom is 0.338 e. The van der Waals surface area contributed by atoms with E-state index in [-0.39, 0.29) is 5.97 Å². The van der Waals surface area contributed by atoms with Crippen molar-refractivity contribution >= 4 is 28.2 Å². The Bertz CT molecular complexity index is 819. The van der Waals surface area contributed by atoms with E-state index < -0.39 is 0 Å². The number of nitrogens with one attached hydrogen (secondary N) is 1. The third kappa shape index (κ3) is 2.88. The Hall–Kier alpha value is -2.95. The van der Waals surface area contributed by atoms with Gasteiger partial charge in [-0.1, -0.05) is 18.2 Å². The third-order valence-corrected chi connectivity index (χ3v) is 3.22. The molecule has 22 heavy (non-hydrogen) atoms. The van der Waals surface area contributed by atoms with Crippen molar-refractivity contribution in [2.45, 2.75) is 6.92 Å². The quantitative estimate of drug-likeness (QED) is 0.556. The lowest BCUT2D eigenvalue weighted by Crippen LogP contribution is -2.03. The highest BCUT2D eigenvalue weighted by molar-refractivity contribution is 5.91. The van der Waals surface area contributed by atoms with Gasteiger partial charge in [0.15, 0.2) is 0 Å². The number of esters is 1. The fourth-order valence-corrected chi connectivity index (χ4v) is 2.13. The zero-order valence-electron chi connectivity index (χ0n) is 12.1.